The number of esters is 1. The van der Waals surface area contributed by atoms with Crippen molar-refractivity contribution in [3.63, 3.8) is 0 Å². The Kier molecular flexibility index (Phi) is 4.88. The third-order valence-electron chi connectivity index (χ3n) is 2.51. The average molecular weight is 234 g/mol. The van der Waals surface area contributed by atoms with E-state index in [9.17, 15) is 9.59 Å². The molecule has 3 heteroatoms. The van der Waals surface area contributed by atoms with Crippen molar-refractivity contribution in [2.45, 2.75) is 33.1 Å². The second-order valence-electron chi connectivity index (χ2n) is 4.22. The Morgan fingerprint density at radius 2 is 1.76 bits per heavy atom. The van der Waals surface area contributed by atoms with E-state index in [4.69, 9.17) is 0 Å². The summed E-state index contributed by atoms with van der Waals surface area (Å²) >= 11 is 0. The van der Waals surface area contributed by atoms with Crippen LogP contribution in [0.4, 0.5) is 0 Å². The van der Waals surface area contributed by atoms with E-state index in [0.29, 0.717) is 5.92 Å². The van der Waals surface area contributed by atoms with Gasteiger partial charge < -0.3 is 4.74 Å². The largest absolute Gasteiger partial charge is 0.460 e. The highest BCUT2D eigenvalue weighted by molar-refractivity contribution is 6.34. The van der Waals surface area contributed by atoms with Gasteiger partial charge in [-0.25, -0.2) is 4.79 Å². The summed E-state index contributed by atoms with van der Waals surface area (Å²) < 4.78 is 4.65. The minimum absolute atomic E-state index is 0.108. The van der Waals surface area contributed by atoms with Crippen LogP contribution in [0.25, 0.3) is 0 Å². The number of ether oxygens (including phenoxy) is 1. The van der Waals surface area contributed by atoms with Gasteiger partial charge in [-0.1, -0.05) is 38.1 Å². The summed E-state index contributed by atoms with van der Waals surface area (Å²) in [6.45, 7) is 6.14. The molecule has 0 saturated heterocycles. The van der Waals surface area contributed by atoms with Crippen LogP contribution in [-0.4, -0.2) is 18.4 Å². The summed E-state index contributed by atoms with van der Waals surface area (Å²) in [7, 11) is 0. The van der Waals surface area contributed by atoms with E-state index >= 15 is 0 Å². The molecule has 17 heavy (non-hydrogen) atoms. The fourth-order valence-electron chi connectivity index (χ4n) is 1.49. The lowest BCUT2D eigenvalue weighted by Gasteiger charge is -2.06. The molecular formula is C14H18O3. The van der Waals surface area contributed by atoms with Crippen LogP contribution in [0.2, 0.25) is 0 Å². The highest BCUT2D eigenvalue weighted by Gasteiger charge is 2.15. The van der Waals surface area contributed by atoms with Crippen molar-refractivity contribution in [3.8, 4) is 0 Å². The number of hydrogen-bond donors (Lipinski definition) is 0. The molecule has 0 radical (unpaired) electrons. The van der Waals surface area contributed by atoms with E-state index in [2.05, 4.69) is 18.6 Å². The van der Waals surface area contributed by atoms with Crippen molar-refractivity contribution in [2.24, 2.45) is 0 Å². The number of carbonyl (C=O) groups is 2. The standard InChI is InChI=1S/C14H18O3/c1-4-17-14(16)13(15)9-11-5-7-12(8-6-11)10(2)3/h5-8,10H,4,9H2,1-3H3. The molecule has 0 bridgehead atoms. The number of carbonyl (C=O) groups excluding carboxylic acids is 2. The fraction of sp³-hybridized carbons (Fsp3) is 0.429. The molecule has 0 amide bonds. The van der Waals surface area contributed by atoms with Gasteiger partial charge in [0.25, 0.3) is 0 Å². The van der Waals surface area contributed by atoms with E-state index in [1.165, 1.54) is 5.56 Å². The second-order valence-corrected chi connectivity index (χ2v) is 4.22. The van der Waals surface area contributed by atoms with Gasteiger partial charge in [-0.15, -0.1) is 0 Å². The molecule has 0 saturated carbocycles. The van der Waals surface area contributed by atoms with Crippen LogP contribution in [0, 0.1) is 0 Å². The van der Waals surface area contributed by atoms with Gasteiger partial charge in [0.15, 0.2) is 0 Å². The monoisotopic (exact) mass is 234 g/mol. The zero-order chi connectivity index (χ0) is 12.8. The van der Waals surface area contributed by atoms with Crippen LogP contribution in [0.3, 0.4) is 0 Å². The lowest BCUT2D eigenvalue weighted by molar-refractivity contribution is -0.153. The summed E-state index contributed by atoms with van der Waals surface area (Å²) in [5, 5.41) is 0. The normalized spacial score (nSPS) is 10.4. The Bertz CT molecular complexity index is 390. The van der Waals surface area contributed by atoms with Crippen molar-refractivity contribution in [2.75, 3.05) is 6.61 Å². The average Bonchev–Trinajstić information content (AvgIpc) is 2.30. The molecule has 0 heterocycles. The van der Waals surface area contributed by atoms with Gasteiger partial charge in [0.2, 0.25) is 5.78 Å². The molecule has 0 aromatic heterocycles. The molecule has 0 atom stereocenters. The lowest BCUT2D eigenvalue weighted by atomic mass is 10.00. The second kappa shape index (κ2) is 6.18. The molecular weight excluding hydrogens is 216 g/mol. The maximum absolute atomic E-state index is 11.4. The van der Waals surface area contributed by atoms with E-state index in [1.807, 2.05) is 24.3 Å². The number of benzene rings is 1. The first-order valence-electron chi connectivity index (χ1n) is 5.83. The zero-order valence-corrected chi connectivity index (χ0v) is 10.5. The molecule has 0 aliphatic carbocycles. The van der Waals surface area contributed by atoms with Gasteiger partial charge in [0.05, 0.1) is 6.61 Å². The topological polar surface area (TPSA) is 43.4 Å². The first-order valence-corrected chi connectivity index (χ1v) is 5.83. The van der Waals surface area contributed by atoms with Gasteiger partial charge in [-0.2, -0.15) is 0 Å². The Morgan fingerprint density at radius 1 is 1.18 bits per heavy atom. The maximum Gasteiger partial charge on any atom is 0.374 e. The first-order chi connectivity index (χ1) is 8.04. The highest BCUT2D eigenvalue weighted by Crippen LogP contribution is 2.15. The van der Waals surface area contributed by atoms with E-state index in [1.54, 1.807) is 6.92 Å². The Balaban J connectivity index is 2.63. The van der Waals surface area contributed by atoms with Crippen LogP contribution in [0.5, 0.6) is 0 Å². The molecule has 0 aliphatic rings. The van der Waals surface area contributed by atoms with Crippen LogP contribution in [0.15, 0.2) is 24.3 Å². The maximum atomic E-state index is 11.4. The van der Waals surface area contributed by atoms with Gasteiger partial charge >= 0.3 is 5.97 Å². The van der Waals surface area contributed by atoms with Crippen molar-refractivity contribution in [1.82, 2.24) is 0 Å². The van der Waals surface area contributed by atoms with Gasteiger partial charge in [0.1, 0.15) is 0 Å². The minimum Gasteiger partial charge on any atom is -0.460 e. The summed E-state index contributed by atoms with van der Waals surface area (Å²) in [6.07, 6.45) is 0.108. The summed E-state index contributed by atoms with van der Waals surface area (Å²) in [5.74, 6) is -0.783. The summed E-state index contributed by atoms with van der Waals surface area (Å²) in [5.41, 5.74) is 2.06. The van der Waals surface area contributed by atoms with Crippen LogP contribution in [-0.2, 0) is 20.7 Å². The Labute approximate surface area is 102 Å². The molecule has 1 aromatic rings. The molecule has 0 fully saturated rings. The summed E-state index contributed by atoms with van der Waals surface area (Å²) in [4.78, 5) is 22.6. The van der Waals surface area contributed by atoms with Crippen LogP contribution < -0.4 is 0 Å². The molecule has 92 valence electrons. The van der Waals surface area contributed by atoms with Crippen LogP contribution in [0.1, 0.15) is 37.8 Å². The van der Waals surface area contributed by atoms with E-state index in [-0.39, 0.29) is 13.0 Å². The predicted octanol–water partition coefficient (Wildman–Crippen LogP) is 2.48. The number of rotatable bonds is 5. The van der Waals surface area contributed by atoms with Crippen molar-refractivity contribution in [3.05, 3.63) is 35.4 Å². The molecule has 0 unspecified atom stereocenters. The summed E-state index contributed by atoms with van der Waals surface area (Å²) in [6, 6.07) is 7.73. The zero-order valence-electron chi connectivity index (χ0n) is 10.5. The van der Waals surface area contributed by atoms with Crippen molar-refractivity contribution < 1.29 is 14.3 Å². The molecule has 0 N–H and O–H groups in total. The molecule has 1 aromatic carbocycles. The lowest BCUT2D eigenvalue weighted by Crippen LogP contribution is -2.19. The Hall–Kier alpha value is -1.64. The number of ketones is 1. The molecule has 3 nitrogen and oxygen atoms in total. The quantitative estimate of drug-likeness (QED) is 0.580. The van der Waals surface area contributed by atoms with Gasteiger partial charge in [-0.05, 0) is 24.0 Å². The Morgan fingerprint density at radius 3 is 2.24 bits per heavy atom. The molecule has 0 aliphatic heterocycles. The smallest absolute Gasteiger partial charge is 0.374 e. The third kappa shape index (κ3) is 4.02. The number of Topliss-reactive ketones (excluding diaryl/α,β-unsaturated/α-hetero) is 1. The van der Waals surface area contributed by atoms with Crippen molar-refractivity contribution >= 4 is 11.8 Å². The van der Waals surface area contributed by atoms with Gasteiger partial charge in [0, 0.05) is 6.42 Å². The van der Waals surface area contributed by atoms with E-state index < -0.39 is 11.8 Å². The minimum atomic E-state index is -0.750. The molecule has 0 spiro atoms. The first kappa shape index (κ1) is 13.4. The fourth-order valence-corrected chi connectivity index (χ4v) is 1.49. The van der Waals surface area contributed by atoms with Gasteiger partial charge in [-0.3, -0.25) is 4.79 Å². The SMILES string of the molecule is CCOC(=O)C(=O)Cc1ccc(C(C)C)cc1. The van der Waals surface area contributed by atoms with Crippen LogP contribution >= 0.6 is 0 Å². The van der Waals surface area contributed by atoms with E-state index in [0.717, 1.165) is 5.56 Å². The molecule has 1 rings (SSSR count). The number of hydrogen-bond acceptors (Lipinski definition) is 3. The highest BCUT2D eigenvalue weighted by atomic mass is 16.5. The predicted molar refractivity (Wildman–Crippen MR) is 65.9 cm³/mol. The van der Waals surface area contributed by atoms with Crippen molar-refractivity contribution in [1.29, 1.82) is 0 Å². The third-order valence-corrected chi connectivity index (χ3v) is 2.51.